The van der Waals surface area contributed by atoms with Gasteiger partial charge in [-0.15, -0.1) is 0 Å². The summed E-state index contributed by atoms with van der Waals surface area (Å²) in [5, 5.41) is 3.52. The summed E-state index contributed by atoms with van der Waals surface area (Å²) in [6, 6.07) is 8.83. The molecule has 1 rings (SSSR count). The minimum Gasteiger partial charge on any atom is -0.494 e. The predicted octanol–water partition coefficient (Wildman–Crippen LogP) is 3.93. The van der Waals surface area contributed by atoms with Crippen molar-refractivity contribution in [2.75, 3.05) is 13.2 Å². The third-order valence-corrected chi connectivity index (χ3v) is 2.83. The maximum Gasteiger partial charge on any atom is 0.119 e. The first-order chi connectivity index (χ1) is 8.27. The van der Waals surface area contributed by atoms with Crippen LogP contribution in [0.4, 0.5) is 0 Å². The molecule has 0 amide bonds. The zero-order chi connectivity index (χ0) is 12.5. The first-order valence-corrected chi connectivity index (χ1v) is 6.74. The van der Waals surface area contributed by atoms with Gasteiger partial charge in [0.1, 0.15) is 5.75 Å². The van der Waals surface area contributed by atoms with E-state index in [1.54, 1.807) is 0 Å². The highest BCUT2D eigenvalue weighted by Gasteiger charge is 2.03. The minimum atomic E-state index is 0.418. The van der Waals surface area contributed by atoms with Crippen LogP contribution in [0, 0.1) is 0 Å². The molecular weight excluding hydrogens is 210 g/mol. The average Bonchev–Trinajstić information content (AvgIpc) is 2.37. The van der Waals surface area contributed by atoms with Crippen molar-refractivity contribution in [2.24, 2.45) is 0 Å². The monoisotopic (exact) mass is 235 g/mol. The summed E-state index contributed by atoms with van der Waals surface area (Å²) >= 11 is 0. The normalized spacial score (nSPS) is 12.4. The number of rotatable bonds is 8. The van der Waals surface area contributed by atoms with Crippen molar-refractivity contribution in [3.63, 3.8) is 0 Å². The molecule has 2 nitrogen and oxygen atoms in total. The van der Waals surface area contributed by atoms with E-state index in [-0.39, 0.29) is 0 Å². The fourth-order valence-electron chi connectivity index (χ4n) is 1.69. The molecule has 0 heterocycles. The van der Waals surface area contributed by atoms with Gasteiger partial charge >= 0.3 is 0 Å². The largest absolute Gasteiger partial charge is 0.494 e. The molecule has 1 N–H and O–H groups in total. The summed E-state index contributed by atoms with van der Waals surface area (Å²) in [5.41, 5.74) is 1.32. The van der Waals surface area contributed by atoms with Crippen LogP contribution in [0.1, 0.15) is 51.6 Å². The molecule has 0 aliphatic rings. The lowest BCUT2D eigenvalue weighted by molar-refractivity contribution is 0.317. The number of unbranched alkanes of at least 4 members (excludes halogenated alkanes) is 1. The quantitative estimate of drug-likeness (QED) is 0.689. The van der Waals surface area contributed by atoms with Crippen LogP contribution in [-0.4, -0.2) is 13.2 Å². The van der Waals surface area contributed by atoms with E-state index in [9.17, 15) is 0 Å². The first kappa shape index (κ1) is 14.0. The van der Waals surface area contributed by atoms with Crippen LogP contribution in [0.5, 0.6) is 5.75 Å². The Kier molecular flexibility index (Phi) is 6.71. The lowest BCUT2D eigenvalue weighted by Crippen LogP contribution is -2.19. The molecule has 1 atom stereocenters. The fraction of sp³-hybridized carbons (Fsp3) is 0.600. The number of hydrogen-bond donors (Lipinski definition) is 1. The van der Waals surface area contributed by atoms with Crippen LogP contribution < -0.4 is 10.1 Å². The molecule has 17 heavy (non-hydrogen) atoms. The molecule has 0 unspecified atom stereocenters. The second kappa shape index (κ2) is 8.13. The maximum atomic E-state index is 5.57. The van der Waals surface area contributed by atoms with Gasteiger partial charge in [-0.1, -0.05) is 32.4 Å². The van der Waals surface area contributed by atoms with Crippen molar-refractivity contribution in [1.82, 2.24) is 5.32 Å². The molecule has 0 aliphatic heterocycles. The van der Waals surface area contributed by atoms with Crippen LogP contribution in [0.15, 0.2) is 24.3 Å². The maximum absolute atomic E-state index is 5.57. The van der Waals surface area contributed by atoms with Crippen molar-refractivity contribution in [3.8, 4) is 5.75 Å². The van der Waals surface area contributed by atoms with Crippen molar-refractivity contribution in [2.45, 2.75) is 46.1 Å². The summed E-state index contributed by atoms with van der Waals surface area (Å²) in [6.07, 6.45) is 3.53. The summed E-state index contributed by atoms with van der Waals surface area (Å²) in [4.78, 5) is 0. The SMILES string of the molecule is CCCCN[C@@H](C)c1ccc(OCCC)cc1. The molecule has 0 aliphatic carbocycles. The van der Waals surface area contributed by atoms with Gasteiger partial charge in [-0.25, -0.2) is 0 Å². The van der Waals surface area contributed by atoms with Crippen molar-refractivity contribution < 1.29 is 4.74 Å². The van der Waals surface area contributed by atoms with E-state index >= 15 is 0 Å². The number of ether oxygens (including phenoxy) is 1. The smallest absolute Gasteiger partial charge is 0.119 e. The third kappa shape index (κ3) is 5.22. The topological polar surface area (TPSA) is 21.3 Å². The highest BCUT2D eigenvalue weighted by Crippen LogP contribution is 2.17. The van der Waals surface area contributed by atoms with E-state index in [2.05, 4.69) is 50.4 Å². The van der Waals surface area contributed by atoms with E-state index in [1.807, 2.05) is 0 Å². The van der Waals surface area contributed by atoms with Crippen molar-refractivity contribution in [1.29, 1.82) is 0 Å². The van der Waals surface area contributed by atoms with Crippen LogP contribution in [0.3, 0.4) is 0 Å². The van der Waals surface area contributed by atoms with Crippen molar-refractivity contribution in [3.05, 3.63) is 29.8 Å². The first-order valence-electron chi connectivity index (χ1n) is 6.74. The summed E-state index contributed by atoms with van der Waals surface area (Å²) in [7, 11) is 0. The van der Waals surface area contributed by atoms with Gasteiger partial charge in [-0.05, 0) is 44.0 Å². The zero-order valence-electron chi connectivity index (χ0n) is 11.3. The number of hydrogen-bond acceptors (Lipinski definition) is 2. The molecule has 1 aromatic carbocycles. The van der Waals surface area contributed by atoms with Gasteiger partial charge < -0.3 is 10.1 Å². The Morgan fingerprint density at radius 3 is 2.41 bits per heavy atom. The molecule has 0 bridgehead atoms. The van der Waals surface area contributed by atoms with E-state index in [4.69, 9.17) is 4.74 Å². The van der Waals surface area contributed by atoms with Gasteiger partial charge in [-0.2, -0.15) is 0 Å². The Morgan fingerprint density at radius 2 is 1.82 bits per heavy atom. The molecule has 0 spiro atoms. The average molecular weight is 235 g/mol. The third-order valence-electron chi connectivity index (χ3n) is 2.83. The lowest BCUT2D eigenvalue weighted by atomic mass is 10.1. The van der Waals surface area contributed by atoms with Gasteiger partial charge in [0.25, 0.3) is 0 Å². The summed E-state index contributed by atoms with van der Waals surface area (Å²) in [5.74, 6) is 0.969. The molecule has 0 saturated heterocycles. The van der Waals surface area contributed by atoms with E-state index in [0.717, 1.165) is 25.3 Å². The second-order valence-corrected chi connectivity index (χ2v) is 4.45. The summed E-state index contributed by atoms with van der Waals surface area (Å²) < 4.78 is 5.57. The second-order valence-electron chi connectivity index (χ2n) is 4.45. The van der Waals surface area contributed by atoms with Crippen LogP contribution >= 0.6 is 0 Å². The predicted molar refractivity (Wildman–Crippen MR) is 73.6 cm³/mol. The van der Waals surface area contributed by atoms with E-state index in [1.165, 1.54) is 18.4 Å². The molecule has 0 fully saturated rings. The van der Waals surface area contributed by atoms with Gasteiger partial charge in [0, 0.05) is 6.04 Å². The Hall–Kier alpha value is -1.02. The molecule has 2 heteroatoms. The van der Waals surface area contributed by atoms with Crippen LogP contribution in [-0.2, 0) is 0 Å². The van der Waals surface area contributed by atoms with Gasteiger partial charge in [0.2, 0.25) is 0 Å². The van der Waals surface area contributed by atoms with Crippen LogP contribution in [0.25, 0.3) is 0 Å². The van der Waals surface area contributed by atoms with E-state index in [0.29, 0.717) is 6.04 Å². The van der Waals surface area contributed by atoms with Crippen molar-refractivity contribution >= 4 is 0 Å². The molecule has 0 saturated carbocycles. The van der Waals surface area contributed by atoms with Gasteiger partial charge in [0.15, 0.2) is 0 Å². The Labute approximate surface area is 105 Å². The zero-order valence-corrected chi connectivity index (χ0v) is 11.3. The highest BCUT2D eigenvalue weighted by atomic mass is 16.5. The molecule has 0 aromatic heterocycles. The molecule has 0 radical (unpaired) electrons. The lowest BCUT2D eigenvalue weighted by Gasteiger charge is -2.14. The van der Waals surface area contributed by atoms with Crippen LogP contribution in [0.2, 0.25) is 0 Å². The molecular formula is C15H25NO. The number of nitrogens with one attached hydrogen (secondary N) is 1. The van der Waals surface area contributed by atoms with E-state index < -0.39 is 0 Å². The Balaban J connectivity index is 2.43. The molecule has 1 aromatic rings. The standard InChI is InChI=1S/C15H25NO/c1-4-6-11-16-13(3)14-7-9-15(10-8-14)17-12-5-2/h7-10,13,16H,4-6,11-12H2,1-3H3/t13-/m0/s1. The Morgan fingerprint density at radius 1 is 1.12 bits per heavy atom. The molecule has 96 valence electrons. The summed E-state index contributed by atoms with van der Waals surface area (Å²) in [6.45, 7) is 8.42. The van der Waals surface area contributed by atoms with Gasteiger partial charge in [0.05, 0.1) is 6.61 Å². The fourth-order valence-corrected chi connectivity index (χ4v) is 1.69. The Bertz CT molecular complexity index is 294. The number of benzene rings is 1. The minimum absolute atomic E-state index is 0.418. The highest BCUT2D eigenvalue weighted by molar-refractivity contribution is 5.28. The van der Waals surface area contributed by atoms with Gasteiger partial charge in [-0.3, -0.25) is 0 Å².